The third-order valence-corrected chi connectivity index (χ3v) is 4.60. The molecular formula is C19H20BrClN2O3. The molecule has 0 bridgehead atoms. The number of likely N-dealkylation sites (N-methyl/N-ethyl adjacent to an activating group) is 1. The smallest absolute Gasteiger partial charge is 0.261 e. The zero-order chi connectivity index (χ0) is 19.1. The molecule has 1 unspecified atom stereocenters. The van der Waals surface area contributed by atoms with E-state index in [9.17, 15) is 9.59 Å². The number of nitrogens with one attached hydrogen (secondary N) is 1. The Balaban J connectivity index is 2.12. The number of halogens is 2. The van der Waals surface area contributed by atoms with Crippen LogP contribution in [0.15, 0.2) is 53.0 Å². The Morgan fingerprint density at radius 1 is 1.23 bits per heavy atom. The second kappa shape index (κ2) is 9.59. The van der Waals surface area contributed by atoms with E-state index in [4.69, 9.17) is 16.3 Å². The highest BCUT2D eigenvalue weighted by molar-refractivity contribution is 9.10. The number of benzene rings is 2. The van der Waals surface area contributed by atoms with Crippen molar-refractivity contribution in [3.05, 3.63) is 63.6 Å². The zero-order valence-electron chi connectivity index (χ0n) is 14.5. The number of hydrogen-bond acceptors (Lipinski definition) is 3. The molecule has 1 N–H and O–H groups in total. The predicted octanol–water partition coefficient (Wildman–Crippen LogP) is 3.64. The maximum atomic E-state index is 12.7. The molecule has 26 heavy (non-hydrogen) atoms. The molecule has 0 aliphatic rings. The number of amides is 2. The largest absolute Gasteiger partial charge is 0.484 e. The highest BCUT2D eigenvalue weighted by Gasteiger charge is 2.25. The van der Waals surface area contributed by atoms with Gasteiger partial charge in [0.2, 0.25) is 5.91 Å². The zero-order valence-corrected chi connectivity index (χ0v) is 16.9. The van der Waals surface area contributed by atoms with Crippen LogP contribution in [-0.4, -0.2) is 36.4 Å². The van der Waals surface area contributed by atoms with Gasteiger partial charge in [0.25, 0.3) is 5.91 Å². The van der Waals surface area contributed by atoms with Gasteiger partial charge in [-0.25, -0.2) is 0 Å². The summed E-state index contributed by atoms with van der Waals surface area (Å²) in [4.78, 5) is 26.2. The van der Waals surface area contributed by atoms with Crippen molar-refractivity contribution in [2.45, 2.75) is 19.5 Å². The lowest BCUT2D eigenvalue weighted by molar-refractivity contribution is -0.142. The first-order valence-electron chi connectivity index (χ1n) is 8.04. The summed E-state index contributed by atoms with van der Waals surface area (Å²) in [6.07, 6.45) is 0. The Hall–Kier alpha value is -2.05. The maximum absolute atomic E-state index is 12.7. The molecule has 0 spiro atoms. The molecule has 2 rings (SSSR count). The van der Waals surface area contributed by atoms with Gasteiger partial charge in [0.05, 0.1) is 0 Å². The van der Waals surface area contributed by atoms with Gasteiger partial charge in [0, 0.05) is 23.1 Å². The molecule has 2 amide bonds. The van der Waals surface area contributed by atoms with Gasteiger partial charge < -0.3 is 15.0 Å². The lowest BCUT2D eigenvalue weighted by Crippen LogP contribution is -2.48. The summed E-state index contributed by atoms with van der Waals surface area (Å²) < 4.78 is 6.48. The van der Waals surface area contributed by atoms with Crippen molar-refractivity contribution in [1.29, 1.82) is 0 Å². The van der Waals surface area contributed by atoms with Crippen molar-refractivity contribution in [3.8, 4) is 5.75 Å². The van der Waals surface area contributed by atoms with Gasteiger partial charge >= 0.3 is 0 Å². The second-order valence-electron chi connectivity index (χ2n) is 5.68. The second-order valence-corrected chi connectivity index (χ2v) is 7.04. The van der Waals surface area contributed by atoms with Crippen LogP contribution in [0.2, 0.25) is 5.02 Å². The summed E-state index contributed by atoms with van der Waals surface area (Å²) in [5.74, 6) is 0.0462. The highest BCUT2D eigenvalue weighted by atomic mass is 79.9. The van der Waals surface area contributed by atoms with Gasteiger partial charge in [-0.3, -0.25) is 9.59 Å². The number of carbonyl (C=O) groups is 2. The van der Waals surface area contributed by atoms with E-state index in [1.54, 1.807) is 38.2 Å². The summed E-state index contributed by atoms with van der Waals surface area (Å²) in [5, 5.41) is 3.15. The van der Waals surface area contributed by atoms with Gasteiger partial charge in [-0.2, -0.15) is 0 Å². The van der Waals surface area contributed by atoms with Crippen molar-refractivity contribution in [2.75, 3.05) is 13.7 Å². The average Bonchev–Trinajstić information content (AvgIpc) is 2.64. The van der Waals surface area contributed by atoms with Gasteiger partial charge in [0.15, 0.2) is 6.61 Å². The van der Waals surface area contributed by atoms with E-state index in [-0.39, 0.29) is 25.0 Å². The third-order valence-electron chi connectivity index (χ3n) is 3.83. The summed E-state index contributed by atoms with van der Waals surface area (Å²) >= 11 is 9.37. The van der Waals surface area contributed by atoms with Crippen LogP contribution in [0.3, 0.4) is 0 Å². The highest BCUT2D eigenvalue weighted by Crippen LogP contribution is 2.17. The SMILES string of the molecule is CNC(=O)C(C)N(Cc1cccc(Cl)c1)C(=O)COc1ccc(Br)cc1. The van der Waals surface area contributed by atoms with E-state index >= 15 is 0 Å². The van der Waals surface area contributed by atoms with Gasteiger partial charge in [-0.05, 0) is 48.9 Å². The molecule has 2 aromatic rings. The Bertz CT molecular complexity index is 768. The molecular weight excluding hydrogens is 420 g/mol. The molecule has 0 aliphatic carbocycles. The molecule has 138 valence electrons. The Morgan fingerprint density at radius 3 is 2.54 bits per heavy atom. The van der Waals surface area contributed by atoms with E-state index < -0.39 is 6.04 Å². The van der Waals surface area contributed by atoms with E-state index in [2.05, 4.69) is 21.2 Å². The molecule has 5 nitrogen and oxygen atoms in total. The monoisotopic (exact) mass is 438 g/mol. The van der Waals surface area contributed by atoms with Gasteiger partial charge in [-0.1, -0.05) is 39.7 Å². The van der Waals surface area contributed by atoms with Crippen molar-refractivity contribution >= 4 is 39.3 Å². The summed E-state index contributed by atoms with van der Waals surface area (Å²) in [6.45, 7) is 1.78. The summed E-state index contributed by atoms with van der Waals surface area (Å²) in [5.41, 5.74) is 0.838. The molecule has 7 heteroatoms. The molecule has 2 aromatic carbocycles. The van der Waals surface area contributed by atoms with Crippen LogP contribution in [0.25, 0.3) is 0 Å². The van der Waals surface area contributed by atoms with Crippen molar-refractivity contribution < 1.29 is 14.3 Å². The minimum absolute atomic E-state index is 0.163. The Morgan fingerprint density at radius 2 is 1.92 bits per heavy atom. The van der Waals surface area contributed by atoms with Gasteiger partial charge in [-0.15, -0.1) is 0 Å². The molecule has 0 aromatic heterocycles. The molecule has 0 saturated carbocycles. The van der Waals surface area contributed by atoms with Crippen molar-refractivity contribution in [1.82, 2.24) is 10.2 Å². The van der Waals surface area contributed by atoms with E-state index in [0.717, 1.165) is 10.0 Å². The van der Waals surface area contributed by atoms with Crippen LogP contribution < -0.4 is 10.1 Å². The lowest BCUT2D eigenvalue weighted by atomic mass is 10.1. The molecule has 0 fully saturated rings. The molecule has 1 atom stereocenters. The minimum atomic E-state index is -0.639. The van der Waals surface area contributed by atoms with E-state index in [1.807, 2.05) is 24.3 Å². The number of carbonyl (C=O) groups excluding carboxylic acids is 2. The fraction of sp³-hybridized carbons (Fsp3) is 0.263. The minimum Gasteiger partial charge on any atom is -0.484 e. The summed E-state index contributed by atoms with van der Waals surface area (Å²) in [7, 11) is 1.54. The fourth-order valence-corrected chi connectivity index (χ4v) is 2.86. The van der Waals surface area contributed by atoms with E-state index in [1.165, 1.54) is 4.90 Å². The first-order valence-corrected chi connectivity index (χ1v) is 9.21. The number of hydrogen-bond donors (Lipinski definition) is 1. The summed E-state index contributed by atoms with van der Waals surface area (Å²) in [6, 6.07) is 13.8. The third kappa shape index (κ3) is 5.75. The van der Waals surface area contributed by atoms with Crippen LogP contribution in [-0.2, 0) is 16.1 Å². The Kier molecular flexibility index (Phi) is 7.48. The van der Waals surface area contributed by atoms with Crippen molar-refractivity contribution in [3.63, 3.8) is 0 Å². The maximum Gasteiger partial charge on any atom is 0.261 e. The number of rotatable bonds is 7. The average molecular weight is 440 g/mol. The quantitative estimate of drug-likeness (QED) is 0.716. The van der Waals surface area contributed by atoms with Crippen LogP contribution in [0.5, 0.6) is 5.75 Å². The Labute approximate surface area is 166 Å². The first kappa shape index (κ1) is 20.3. The number of nitrogens with zero attached hydrogens (tertiary/aromatic N) is 1. The van der Waals surface area contributed by atoms with Crippen LogP contribution in [0.1, 0.15) is 12.5 Å². The topological polar surface area (TPSA) is 58.6 Å². The molecule has 0 saturated heterocycles. The molecule has 0 aliphatic heterocycles. The van der Waals surface area contributed by atoms with E-state index in [0.29, 0.717) is 10.8 Å². The standard InChI is InChI=1S/C19H20BrClN2O3/c1-13(19(25)22-2)23(11-14-4-3-5-16(21)10-14)18(24)12-26-17-8-6-15(20)7-9-17/h3-10,13H,11-12H2,1-2H3,(H,22,25). The van der Waals surface area contributed by atoms with Crippen LogP contribution in [0.4, 0.5) is 0 Å². The lowest BCUT2D eigenvalue weighted by Gasteiger charge is -2.28. The van der Waals surface area contributed by atoms with Crippen LogP contribution >= 0.6 is 27.5 Å². The first-order chi connectivity index (χ1) is 12.4. The molecule has 0 heterocycles. The predicted molar refractivity (Wildman–Crippen MR) is 105 cm³/mol. The normalized spacial score (nSPS) is 11.5. The van der Waals surface area contributed by atoms with Gasteiger partial charge in [0.1, 0.15) is 11.8 Å². The fourth-order valence-electron chi connectivity index (χ4n) is 2.38. The van der Waals surface area contributed by atoms with Crippen molar-refractivity contribution in [2.24, 2.45) is 0 Å². The van der Waals surface area contributed by atoms with Crippen LogP contribution in [0, 0.1) is 0 Å². The molecule has 0 radical (unpaired) electrons. The number of ether oxygens (including phenoxy) is 1.